The second-order valence-corrected chi connectivity index (χ2v) is 8.27. The average molecular weight is 446 g/mol. The normalized spacial score (nSPS) is 12.0. The van der Waals surface area contributed by atoms with Crippen LogP contribution in [0.5, 0.6) is 0 Å². The van der Waals surface area contributed by atoms with Crippen LogP contribution in [0.15, 0.2) is 23.1 Å². The first-order valence-corrected chi connectivity index (χ1v) is 10.5. The maximum atomic E-state index is 12.4. The predicted molar refractivity (Wildman–Crippen MR) is 114 cm³/mol. The van der Waals surface area contributed by atoms with Crippen LogP contribution >= 0.6 is 11.3 Å². The van der Waals surface area contributed by atoms with Crippen molar-refractivity contribution in [2.75, 3.05) is 0 Å². The van der Waals surface area contributed by atoms with Crippen molar-refractivity contribution in [3.8, 4) is 0 Å². The fraction of sp³-hybridized carbons (Fsp3) is 0.350. The number of carboxylic acid groups (broad SMARTS) is 2. The van der Waals surface area contributed by atoms with Gasteiger partial charge in [-0.05, 0) is 50.3 Å². The first kappa shape index (κ1) is 22.2. The maximum absolute atomic E-state index is 12.4. The number of fused-ring (bicyclic) bond motifs is 1. The number of aryl methyl sites for hydroxylation is 3. The molecule has 0 aliphatic rings. The van der Waals surface area contributed by atoms with Crippen LogP contribution < -0.4 is 10.9 Å². The first-order valence-electron chi connectivity index (χ1n) is 9.65. The van der Waals surface area contributed by atoms with E-state index in [9.17, 15) is 24.3 Å². The molecule has 0 saturated carbocycles. The van der Waals surface area contributed by atoms with Crippen LogP contribution in [0.4, 0.5) is 0 Å². The topological polar surface area (TPSA) is 165 Å². The Morgan fingerprint density at radius 3 is 2.71 bits per heavy atom. The van der Waals surface area contributed by atoms with E-state index in [1.807, 2.05) is 0 Å². The van der Waals surface area contributed by atoms with Crippen LogP contribution in [-0.4, -0.2) is 49.1 Å². The quantitative estimate of drug-likeness (QED) is 0.317. The van der Waals surface area contributed by atoms with Gasteiger partial charge in [-0.15, -0.1) is 11.3 Å². The van der Waals surface area contributed by atoms with E-state index < -0.39 is 23.9 Å². The van der Waals surface area contributed by atoms with Gasteiger partial charge >= 0.3 is 11.9 Å². The first-order chi connectivity index (χ1) is 14.7. The Bertz CT molecular complexity index is 1180. The molecule has 0 spiro atoms. The third kappa shape index (κ3) is 5.57. The summed E-state index contributed by atoms with van der Waals surface area (Å²) < 4.78 is 0. The van der Waals surface area contributed by atoms with Gasteiger partial charge in [0, 0.05) is 17.5 Å². The number of carboxylic acids is 2. The summed E-state index contributed by atoms with van der Waals surface area (Å²) >= 11 is 1.25. The van der Waals surface area contributed by atoms with Gasteiger partial charge < -0.3 is 25.5 Å². The standard InChI is InChI=1S/C20H22N4O6S/c1-10-22-17-16(19(28)23-10)11(9-21-17)5-6-12-7-8-14(31-12)18(27)24-13(20(29)30)3-2-4-15(25)26/h7-9,13H,2-6H2,1H3,(H,24,27)(H,25,26)(H,29,30)(H2,21,22,23,28). The molecule has 0 aliphatic heterocycles. The largest absolute Gasteiger partial charge is 0.481 e. The lowest BCUT2D eigenvalue weighted by Gasteiger charge is -2.13. The van der Waals surface area contributed by atoms with Crippen molar-refractivity contribution in [3.63, 3.8) is 0 Å². The molecule has 1 unspecified atom stereocenters. The number of rotatable bonds is 10. The van der Waals surface area contributed by atoms with E-state index in [0.29, 0.717) is 34.6 Å². The summed E-state index contributed by atoms with van der Waals surface area (Å²) in [5.74, 6) is -2.20. The van der Waals surface area contributed by atoms with Crippen molar-refractivity contribution in [1.29, 1.82) is 0 Å². The molecule has 1 amide bonds. The monoisotopic (exact) mass is 446 g/mol. The smallest absolute Gasteiger partial charge is 0.326 e. The van der Waals surface area contributed by atoms with Crippen molar-refractivity contribution in [3.05, 3.63) is 49.8 Å². The lowest BCUT2D eigenvalue weighted by molar-refractivity contribution is -0.140. The zero-order valence-corrected chi connectivity index (χ0v) is 17.5. The highest BCUT2D eigenvalue weighted by atomic mass is 32.1. The number of aromatic amines is 2. The lowest BCUT2D eigenvalue weighted by atomic mass is 10.1. The Hall–Kier alpha value is -3.47. The van der Waals surface area contributed by atoms with Gasteiger partial charge in [0.15, 0.2) is 0 Å². The van der Waals surface area contributed by atoms with E-state index >= 15 is 0 Å². The number of H-pyrrole nitrogens is 2. The fourth-order valence-electron chi connectivity index (χ4n) is 3.25. The fourth-order valence-corrected chi connectivity index (χ4v) is 4.16. The second-order valence-electron chi connectivity index (χ2n) is 7.11. The van der Waals surface area contributed by atoms with Crippen molar-refractivity contribution >= 4 is 40.2 Å². The van der Waals surface area contributed by atoms with Gasteiger partial charge in [-0.25, -0.2) is 9.78 Å². The number of hydrogen-bond acceptors (Lipinski definition) is 6. The van der Waals surface area contributed by atoms with Gasteiger partial charge in [-0.2, -0.15) is 0 Å². The van der Waals surface area contributed by atoms with Gasteiger partial charge in [-0.3, -0.25) is 14.4 Å². The summed E-state index contributed by atoms with van der Waals surface area (Å²) in [7, 11) is 0. The molecule has 164 valence electrons. The number of aromatic nitrogens is 3. The van der Waals surface area contributed by atoms with E-state index in [4.69, 9.17) is 5.11 Å². The molecule has 3 aromatic rings. The molecular weight excluding hydrogens is 424 g/mol. The number of hydrogen-bond donors (Lipinski definition) is 5. The molecule has 3 aromatic heterocycles. The molecule has 0 bridgehead atoms. The maximum Gasteiger partial charge on any atom is 0.326 e. The summed E-state index contributed by atoms with van der Waals surface area (Å²) in [5, 5.41) is 20.9. The Morgan fingerprint density at radius 2 is 2.00 bits per heavy atom. The predicted octanol–water partition coefficient (Wildman–Crippen LogP) is 1.84. The molecule has 5 N–H and O–H groups in total. The van der Waals surface area contributed by atoms with E-state index in [1.54, 1.807) is 25.3 Å². The van der Waals surface area contributed by atoms with Crippen LogP contribution in [0.2, 0.25) is 0 Å². The summed E-state index contributed by atoms with van der Waals surface area (Å²) in [6.45, 7) is 1.71. The highest BCUT2D eigenvalue weighted by molar-refractivity contribution is 7.14. The van der Waals surface area contributed by atoms with Crippen molar-refractivity contribution in [1.82, 2.24) is 20.3 Å². The average Bonchev–Trinajstić information content (AvgIpc) is 3.32. The third-order valence-electron chi connectivity index (χ3n) is 4.76. The van der Waals surface area contributed by atoms with Crippen molar-refractivity contribution < 1.29 is 24.6 Å². The van der Waals surface area contributed by atoms with Crippen LogP contribution in [0.1, 0.15) is 45.2 Å². The molecule has 3 heterocycles. The van der Waals surface area contributed by atoms with Crippen LogP contribution in [0.3, 0.4) is 0 Å². The van der Waals surface area contributed by atoms with Gasteiger partial charge in [0.2, 0.25) is 0 Å². The van der Waals surface area contributed by atoms with Crippen LogP contribution in [0, 0.1) is 6.92 Å². The second kappa shape index (κ2) is 9.56. The third-order valence-corrected chi connectivity index (χ3v) is 5.90. The van der Waals surface area contributed by atoms with E-state index in [2.05, 4.69) is 20.3 Å². The summed E-state index contributed by atoms with van der Waals surface area (Å²) in [6, 6.07) is 2.27. The minimum atomic E-state index is -1.20. The molecule has 0 saturated heterocycles. The minimum absolute atomic E-state index is 0.0359. The number of carbonyl (C=O) groups is 3. The number of thiophene rings is 1. The van der Waals surface area contributed by atoms with E-state index in [1.165, 1.54) is 11.3 Å². The zero-order valence-electron chi connectivity index (χ0n) is 16.7. The summed E-state index contributed by atoms with van der Waals surface area (Å²) in [6.07, 6.45) is 2.95. The number of carbonyl (C=O) groups excluding carboxylic acids is 1. The molecule has 31 heavy (non-hydrogen) atoms. The molecule has 0 aromatic carbocycles. The number of nitrogens with one attached hydrogen (secondary N) is 3. The van der Waals surface area contributed by atoms with E-state index in [0.717, 1.165) is 10.4 Å². The molecule has 10 nitrogen and oxygen atoms in total. The molecule has 1 atom stereocenters. The summed E-state index contributed by atoms with van der Waals surface area (Å²) in [5.41, 5.74) is 1.16. The molecule has 3 rings (SSSR count). The zero-order chi connectivity index (χ0) is 22.5. The molecule has 0 radical (unpaired) electrons. The molecule has 11 heteroatoms. The highest BCUT2D eigenvalue weighted by Crippen LogP contribution is 2.21. The van der Waals surface area contributed by atoms with Gasteiger partial charge in [-0.1, -0.05) is 0 Å². The number of aliphatic carboxylic acids is 2. The SMILES string of the molecule is Cc1nc2[nH]cc(CCc3ccc(C(=O)NC(CCCC(=O)O)C(=O)O)s3)c2c(=O)[nH]1. The molecule has 0 aliphatic carbocycles. The lowest BCUT2D eigenvalue weighted by Crippen LogP contribution is -2.40. The molecular formula is C20H22N4O6S. The number of amides is 1. The summed E-state index contributed by atoms with van der Waals surface area (Å²) in [4.78, 5) is 57.8. The Kier molecular flexibility index (Phi) is 6.85. The highest BCUT2D eigenvalue weighted by Gasteiger charge is 2.21. The van der Waals surface area contributed by atoms with Crippen molar-refractivity contribution in [2.24, 2.45) is 0 Å². The Morgan fingerprint density at radius 1 is 1.23 bits per heavy atom. The van der Waals surface area contributed by atoms with Gasteiger partial charge in [0.05, 0.1) is 10.3 Å². The number of nitrogens with zero attached hydrogens (tertiary/aromatic N) is 1. The Balaban J connectivity index is 1.62. The molecule has 0 fully saturated rings. The Labute approximate surface area is 180 Å². The van der Waals surface area contributed by atoms with Gasteiger partial charge in [0.1, 0.15) is 17.5 Å². The van der Waals surface area contributed by atoms with E-state index in [-0.39, 0.29) is 24.8 Å². The van der Waals surface area contributed by atoms with Crippen molar-refractivity contribution in [2.45, 2.75) is 45.1 Å². The van der Waals surface area contributed by atoms with Crippen LogP contribution in [0.25, 0.3) is 11.0 Å². The minimum Gasteiger partial charge on any atom is -0.481 e. The van der Waals surface area contributed by atoms with Gasteiger partial charge in [0.25, 0.3) is 11.5 Å². The van der Waals surface area contributed by atoms with Crippen LogP contribution in [-0.2, 0) is 22.4 Å².